The van der Waals surface area contributed by atoms with Crippen molar-refractivity contribution in [3.63, 3.8) is 0 Å². The Labute approximate surface area is 222 Å². The van der Waals surface area contributed by atoms with Crippen LogP contribution < -0.4 is 0 Å². The van der Waals surface area contributed by atoms with Crippen molar-refractivity contribution in [1.82, 2.24) is 0 Å². The summed E-state index contributed by atoms with van der Waals surface area (Å²) in [7, 11) is 0. The molecule has 1 heterocycles. The Kier molecular flexibility index (Phi) is 6.05. The molecule has 6 rings (SSSR count). The fourth-order valence-electron chi connectivity index (χ4n) is 6.21. The first kappa shape index (κ1) is 24.1. The zero-order valence-corrected chi connectivity index (χ0v) is 20.9. The number of carbonyl (C=O) groups is 2. The molecule has 188 valence electrons. The van der Waals surface area contributed by atoms with Crippen molar-refractivity contribution in [2.45, 2.75) is 36.4 Å². The Morgan fingerprint density at radius 3 is 1.84 bits per heavy atom. The van der Waals surface area contributed by atoms with Gasteiger partial charge in [0, 0.05) is 36.3 Å². The van der Waals surface area contributed by atoms with Gasteiger partial charge in [-0.15, -0.1) is 0 Å². The molecule has 0 unspecified atom stereocenters. The van der Waals surface area contributed by atoms with E-state index in [0.29, 0.717) is 23.1 Å². The second kappa shape index (κ2) is 9.55. The van der Waals surface area contributed by atoms with Gasteiger partial charge in [-0.3, -0.25) is 4.79 Å². The third kappa shape index (κ3) is 3.89. The first-order valence-electron chi connectivity index (χ1n) is 12.9. The van der Waals surface area contributed by atoms with Gasteiger partial charge in [0.05, 0.1) is 0 Å². The summed E-state index contributed by atoms with van der Waals surface area (Å²) in [6.45, 7) is 0. The van der Waals surface area contributed by atoms with Crippen LogP contribution >= 0.6 is 0 Å². The second-order valence-electron chi connectivity index (χ2n) is 10.1. The molecule has 2 aliphatic rings. The van der Waals surface area contributed by atoms with E-state index >= 15 is 0 Å². The number of rotatable bonds is 6. The predicted octanol–water partition coefficient (Wildman–Crippen LogP) is 5.71. The molecule has 1 N–H and O–H groups in total. The topological polar surface area (TPSA) is 63.6 Å². The van der Waals surface area contributed by atoms with Gasteiger partial charge < -0.3 is 9.84 Å². The standard InChI is InChI=1S/C34H28O4/c35-30-22-29(26-17-9-3-10-18-26)33(23-25-15-7-2-8-16-25)31(34(30,37)27-19-11-4-12-20-27)28(32(36)38-33)21-24-13-5-1-6-14-24/h1-20,29,37H,21-23H2/t29-,33-,34-/m1/s1. The normalized spacial score (nSPS) is 24.7. The minimum atomic E-state index is -1.99. The molecule has 1 saturated carbocycles. The van der Waals surface area contributed by atoms with Crippen molar-refractivity contribution >= 4 is 11.8 Å². The fourth-order valence-corrected chi connectivity index (χ4v) is 6.21. The fraction of sp³-hybridized carbons (Fsp3) is 0.176. The maximum absolute atomic E-state index is 14.1. The summed E-state index contributed by atoms with van der Waals surface area (Å²) >= 11 is 0. The average Bonchev–Trinajstić information content (AvgIpc) is 3.24. The SMILES string of the molecule is O=C1O[C@@]2(Cc3ccccc3)C(=C1Cc1ccccc1)[C@@](O)(c1ccccc1)C(=O)C[C@@H]2c1ccccc1. The van der Waals surface area contributed by atoms with Gasteiger partial charge in [0.1, 0.15) is 5.60 Å². The number of aliphatic hydroxyl groups is 1. The molecule has 1 aliphatic carbocycles. The molecule has 1 fully saturated rings. The summed E-state index contributed by atoms with van der Waals surface area (Å²) < 4.78 is 6.45. The van der Waals surface area contributed by atoms with Gasteiger partial charge in [-0.25, -0.2) is 4.79 Å². The number of ether oxygens (including phenoxy) is 1. The highest BCUT2D eigenvalue weighted by Gasteiger charge is 2.65. The monoisotopic (exact) mass is 500 g/mol. The zero-order chi connectivity index (χ0) is 26.2. The molecule has 38 heavy (non-hydrogen) atoms. The van der Waals surface area contributed by atoms with E-state index in [1.807, 2.05) is 97.1 Å². The van der Waals surface area contributed by atoms with E-state index in [1.165, 1.54) is 0 Å². The molecular weight excluding hydrogens is 472 g/mol. The highest BCUT2D eigenvalue weighted by molar-refractivity contribution is 6.02. The van der Waals surface area contributed by atoms with Crippen LogP contribution in [0.5, 0.6) is 0 Å². The van der Waals surface area contributed by atoms with Crippen LogP contribution in [0.25, 0.3) is 0 Å². The molecule has 0 amide bonds. The molecule has 3 atom stereocenters. The lowest BCUT2D eigenvalue weighted by Gasteiger charge is -2.48. The summed E-state index contributed by atoms with van der Waals surface area (Å²) in [5.41, 5.74) is 0.731. The number of benzene rings is 4. The van der Waals surface area contributed by atoms with Crippen molar-refractivity contribution in [2.75, 3.05) is 0 Å². The molecule has 0 radical (unpaired) electrons. The van der Waals surface area contributed by atoms with E-state index in [1.54, 1.807) is 24.3 Å². The van der Waals surface area contributed by atoms with E-state index in [2.05, 4.69) is 0 Å². The number of ketones is 1. The number of Topliss-reactive ketones (excluding diaryl/α,β-unsaturated/α-hetero) is 1. The van der Waals surface area contributed by atoms with Gasteiger partial charge in [-0.1, -0.05) is 121 Å². The van der Waals surface area contributed by atoms with E-state index in [9.17, 15) is 14.7 Å². The first-order chi connectivity index (χ1) is 18.5. The summed E-state index contributed by atoms with van der Waals surface area (Å²) in [5, 5.41) is 12.5. The molecule has 0 bridgehead atoms. The predicted molar refractivity (Wildman–Crippen MR) is 145 cm³/mol. The van der Waals surface area contributed by atoms with E-state index in [0.717, 1.165) is 16.7 Å². The maximum atomic E-state index is 14.1. The Morgan fingerprint density at radius 1 is 0.711 bits per heavy atom. The summed E-state index contributed by atoms with van der Waals surface area (Å²) in [5.74, 6) is -1.27. The van der Waals surface area contributed by atoms with Crippen molar-refractivity contribution in [2.24, 2.45) is 0 Å². The first-order valence-corrected chi connectivity index (χ1v) is 12.9. The van der Waals surface area contributed by atoms with E-state index in [4.69, 9.17) is 4.74 Å². The molecule has 4 aromatic rings. The minimum Gasteiger partial charge on any atom is -0.450 e. The number of hydrogen-bond donors (Lipinski definition) is 1. The van der Waals surface area contributed by atoms with Gasteiger partial charge in [0.25, 0.3) is 0 Å². The lowest BCUT2D eigenvalue weighted by Crippen LogP contribution is -2.57. The van der Waals surface area contributed by atoms with Gasteiger partial charge in [-0.2, -0.15) is 0 Å². The van der Waals surface area contributed by atoms with Crippen LogP contribution in [0.1, 0.15) is 34.6 Å². The highest BCUT2D eigenvalue weighted by Crippen LogP contribution is 2.58. The average molecular weight is 501 g/mol. The van der Waals surface area contributed by atoms with Crippen LogP contribution in [0, 0.1) is 0 Å². The van der Waals surface area contributed by atoms with Crippen molar-refractivity contribution in [1.29, 1.82) is 0 Å². The van der Waals surface area contributed by atoms with Crippen molar-refractivity contribution in [3.8, 4) is 0 Å². The van der Waals surface area contributed by atoms with Gasteiger partial charge in [0.15, 0.2) is 11.4 Å². The van der Waals surface area contributed by atoms with Gasteiger partial charge in [-0.05, 0) is 22.3 Å². The van der Waals surface area contributed by atoms with E-state index in [-0.39, 0.29) is 18.6 Å². The third-order valence-corrected chi connectivity index (χ3v) is 7.89. The molecule has 4 heteroatoms. The maximum Gasteiger partial charge on any atom is 0.335 e. The minimum absolute atomic E-state index is 0.0393. The van der Waals surface area contributed by atoms with Crippen molar-refractivity contribution < 1.29 is 19.4 Å². The van der Waals surface area contributed by atoms with Crippen LogP contribution in [0.3, 0.4) is 0 Å². The van der Waals surface area contributed by atoms with Crippen LogP contribution in [0.2, 0.25) is 0 Å². The third-order valence-electron chi connectivity index (χ3n) is 7.89. The largest absolute Gasteiger partial charge is 0.450 e. The van der Waals surface area contributed by atoms with Crippen LogP contribution in [0.4, 0.5) is 0 Å². The lowest BCUT2D eigenvalue weighted by molar-refractivity contribution is -0.159. The molecule has 0 saturated heterocycles. The molecular formula is C34H28O4. The van der Waals surface area contributed by atoms with Crippen molar-refractivity contribution in [3.05, 3.63) is 155 Å². The number of esters is 1. The zero-order valence-electron chi connectivity index (χ0n) is 20.9. The quantitative estimate of drug-likeness (QED) is 0.345. The molecule has 4 aromatic carbocycles. The number of fused-ring (bicyclic) bond motifs is 1. The van der Waals surface area contributed by atoms with Crippen LogP contribution in [0.15, 0.2) is 132 Å². The summed E-state index contributed by atoms with van der Waals surface area (Å²) in [6.07, 6.45) is 0.641. The number of carbonyl (C=O) groups excluding carboxylic acids is 2. The summed E-state index contributed by atoms with van der Waals surface area (Å²) in [6, 6.07) is 38.2. The summed E-state index contributed by atoms with van der Waals surface area (Å²) in [4.78, 5) is 27.9. The van der Waals surface area contributed by atoms with E-state index < -0.39 is 23.1 Å². The Hall–Kier alpha value is -4.28. The Morgan fingerprint density at radius 2 is 1.24 bits per heavy atom. The molecule has 0 spiro atoms. The van der Waals surface area contributed by atoms with Gasteiger partial charge in [0.2, 0.25) is 0 Å². The number of hydrogen-bond acceptors (Lipinski definition) is 4. The van der Waals surface area contributed by atoms with Crippen LogP contribution in [-0.2, 0) is 32.8 Å². The van der Waals surface area contributed by atoms with Crippen LogP contribution in [-0.4, -0.2) is 22.5 Å². The Balaban J connectivity index is 1.65. The molecule has 1 aliphatic heterocycles. The van der Waals surface area contributed by atoms with Gasteiger partial charge >= 0.3 is 5.97 Å². The smallest absolute Gasteiger partial charge is 0.335 e. The molecule has 0 aromatic heterocycles. The lowest BCUT2D eigenvalue weighted by atomic mass is 9.58. The second-order valence-corrected chi connectivity index (χ2v) is 10.1. The Bertz CT molecular complexity index is 1500. The molecule has 4 nitrogen and oxygen atoms in total. The highest BCUT2D eigenvalue weighted by atomic mass is 16.6.